The minimum Gasteiger partial charge on any atom is -0.481 e. The van der Waals surface area contributed by atoms with Gasteiger partial charge in [-0.2, -0.15) is 0 Å². The van der Waals surface area contributed by atoms with Crippen molar-refractivity contribution in [3.63, 3.8) is 0 Å². The van der Waals surface area contributed by atoms with Crippen LogP contribution < -0.4 is 0 Å². The zero-order chi connectivity index (χ0) is 16.1. The monoisotopic (exact) mass is 318 g/mol. The van der Waals surface area contributed by atoms with Gasteiger partial charge in [0.15, 0.2) is 0 Å². The van der Waals surface area contributed by atoms with Crippen LogP contribution in [0.5, 0.6) is 0 Å². The van der Waals surface area contributed by atoms with Crippen LogP contribution in [0.1, 0.15) is 18.4 Å². The third-order valence-electron chi connectivity index (χ3n) is 2.64. The fraction of sp³-hybridized carbons (Fsp3) is 0.462. The van der Waals surface area contributed by atoms with Gasteiger partial charge in [-0.25, -0.2) is 4.57 Å². The number of aliphatic hydroxyl groups excluding tert-OH is 1. The number of benzene rings is 1. The molecule has 1 aromatic rings. The molecule has 0 aliphatic heterocycles. The van der Waals surface area contributed by atoms with Crippen molar-refractivity contribution in [1.82, 2.24) is 0 Å². The van der Waals surface area contributed by atoms with Gasteiger partial charge in [0, 0.05) is 6.42 Å². The normalized spacial score (nSPS) is 13.1. The SMILES string of the molecule is O=C(O)CCC(O)(COCCO)c1ccccc1.O=PO. The summed E-state index contributed by atoms with van der Waals surface area (Å²) < 4.78 is 13.6. The number of carbonyl (C=O) groups is 1. The van der Waals surface area contributed by atoms with Crippen molar-refractivity contribution in [1.29, 1.82) is 0 Å². The fourth-order valence-electron chi connectivity index (χ4n) is 1.67. The summed E-state index contributed by atoms with van der Waals surface area (Å²) in [4.78, 5) is 17.6. The summed E-state index contributed by atoms with van der Waals surface area (Å²) in [6.45, 7) is -0.0587. The summed E-state index contributed by atoms with van der Waals surface area (Å²) in [5, 5.41) is 27.8. The van der Waals surface area contributed by atoms with Gasteiger partial charge >= 0.3 is 14.7 Å². The molecule has 0 aliphatic rings. The van der Waals surface area contributed by atoms with Crippen LogP contribution in [0.4, 0.5) is 0 Å². The molecule has 1 rings (SSSR count). The Morgan fingerprint density at radius 3 is 2.33 bits per heavy atom. The maximum absolute atomic E-state index is 10.6. The minimum atomic E-state index is -1.34. The Morgan fingerprint density at radius 2 is 1.86 bits per heavy atom. The second-order valence-corrected chi connectivity index (χ2v) is 4.31. The van der Waals surface area contributed by atoms with Gasteiger partial charge < -0.3 is 24.9 Å². The number of ether oxygens (including phenoxy) is 1. The number of carboxylic acid groups (broad SMARTS) is 1. The Morgan fingerprint density at radius 1 is 1.29 bits per heavy atom. The van der Waals surface area contributed by atoms with Crippen LogP contribution in [-0.4, -0.2) is 46.0 Å². The second-order valence-electron chi connectivity index (χ2n) is 4.15. The lowest BCUT2D eigenvalue weighted by Crippen LogP contribution is -2.33. The van der Waals surface area contributed by atoms with Gasteiger partial charge in [0.2, 0.25) is 0 Å². The van der Waals surface area contributed by atoms with E-state index in [1.165, 1.54) is 0 Å². The summed E-state index contributed by atoms with van der Waals surface area (Å²) in [5.74, 6) is -0.966. The first-order valence-corrected chi connectivity index (χ1v) is 6.91. The molecule has 21 heavy (non-hydrogen) atoms. The van der Waals surface area contributed by atoms with Gasteiger partial charge in [0.1, 0.15) is 5.60 Å². The van der Waals surface area contributed by atoms with E-state index in [0.29, 0.717) is 5.56 Å². The predicted octanol–water partition coefficient (Wildman–Crippen LogP) is 0.933. The van der Waals surface area contributed by atoms with Crippen LogP contribution >= 0.6 is 8.69 Å². The molecule has 1 atom stereocenters. The molecule has 0 heterocycles. The minimum absolute atomic E-state index is 0.0369. The van der Waals surface area contributed by atoms with Crippen molar-refractivity contribution in [2.24, 2.45) is 0 Å². The molecule has 0 saturated carbocycles. The van der Waals surface area contributed by atoms with Crippen molar-refractivity contribution >= 4 is 14.7 Å². The highest BCUT2D eigenvalue weighted by molar-refractivity contribution is 7.16. The lowest BCUT2D eigenvalue weighted by molar-refractivity contribution is -0.139. The van der Waals surface area contributed by atoms with Gasteiger partial charge in [-0.05, 0) is 12.0 Å². The van der Waals surface area contributed by atoms with Crippen LogP contribution in [0.15, 0.2) is 30.3 Å². The van der Waals surface area contributed by atoms with Gasteiger partial charge in [-0.1, -0.05) is 30.3 Å². The molecule has 0 bridgehead atoms. The van der Waals surface area contributed by atoms with Crippen LogP contribution in [0, 0.1) is 0 Å². The Hall–Kier alpha value is -1.37. The largest absolute Gasteiger partial charge is 0.481 e. The molecule has 1 aromatic carbocycles. The Labute approximate surface area is 124 Å². The number of hydrogen-bond donors (Lipinski definition) is 4. The van der Waals surface area contributed by atoms with Gasteiger partial charge in [-0.15, -0.1) is 0 Å². The average molecular weight is 318 g/mol. The number of aliphatic carboxylic acids is 1. The van der Waals surface area contributed by atoms with E-state index >= 15 is 0 Å². The van der Waals surface area contributed by atoms with E-state index in [0.717, 1.165) is 0 Å². The van der Waals surface area contributed by atoms with Crippen molar-refractivity contribution in [3.05, 3.63) is 35.9 Å². The summed E-state index contributed by atoms with van der Waals surface area (Å²) in [6.07, 6.45) is -0.0777. The first-order chi connectivity index (χ1) is 10.00. The third kappa shape index (κ3) is 8.49. The molecular formula is C13H19O7P. The molecular weight excluding hydrogens is 299 g/mol. The third-order valence-corrected chi connectivity index (χ3v) is 2.64. The van der Waals surface area contributed by atoms with E-state index in [-0.39, 0.29) is 32.7 Å². The lowest BCUT2D eigenvalue weighted by atomic mass is 9.90. The number of rotatable bonds is 8. The topological polar surface area (TPSA) is 124 Å². The fourth-order valence-corrected chi connectivity index (χ4v) is 1.67. The maximum atomic E-state index is 10.6. The molecule has 0 aliphatic carbocycles. The lowest BCUT2D eigenvalue weighted by Gasteiger charge is -2.28. The summed E-state index contributed by atoms with van der Waals surface area (Å²) >= 11 is 0. The van der Waals surface area contributed by atoms with Crippen LogP contribution in [0.3, 0.4) is 0 Å². The first kappa shape index (κ1) is 19.6. The molecule has 0 spiro atoms. The molecule has 7 nitrogen and oxygen atoms in total. The van der Waals surface area contributed by atoms with Crippen LogP contribution in [0.2, 0.25) is 0 Å². The zero-order valence-corrected chi connectivity index (χ0v) is 12.3. The smallest absolute Gasteiger partial charge is 0.324 e. The molecule has 4 N–H and O–H groups in total. The van der Waals surface area contributed by atoms with E-state index in [9.17, 15) is 9.90 Å². The van der Waals surface area contributed by atoms with Crippen LogP contribution in [-0.2, 0) is 19.7 Å². The maximum Gasteiger partial charge on any atom is 0.324 e. The van der Waals surface area contributed by atoms with E-state index in [4.69, 9.17) is 24.4 Å². The van der Waals surface area contributed by atoms with Crippen molar-refractivity contribution in [2.45, 2.75) is 18.4 Å². The molecule has 0 fully saturated rings. The zero-order valence-electron chi connectivity index (χ0n) is 11.4. The highest BCUT2D eigenvalue weighted by Gasteiger charge is 2.30. The molecule has 118 valence electrons. The first-order valence-electron chi connectivity index (χ1n) is 6.15. The Balaban J connectivity index is 0.00000122. The van der Waals surface area contributed by atoms with Crippen molar-refractivity contribution in [3.8, 4) is 0 Å². The van der Waals surface area contributed by atoms with E-state index in [1.807, 2.05) is 6.07 Å². The Bertz CT molecular complexity index is 412. The molecule has 0 amide bonds. The average Bonchev–Trinajstić information content (AvgIpc) is 2.47. The quantitative estimate of drug-likeness (QED) is 0.415. The highest BCUT2D eigenvalue weighted by atomic mass is 31.1. The second kappa shape index (κ2) is 11.3. The molecule has 1 unspecified atom stereocenters. The number of carboxylic acids is 1. The van der Waals surface area contributed by atoms with Gasteiger partial charge in [0.05, 0.1) is 19.8 Å². The van der Waals surface area contributed by atoms with Crippen LogP contribution in [0.25, 0.3) is 0 Å². The molecule has 0 saturated heterocycles. The summed E-state index contributed by atoms with van der Waals surface area (Å²) in [7, 11) is -0.833. The predicted molar refractivity (Wildman–Crippen MR) is 74.9 cm³/mol. The van der Waals surface area contributed by atoms with Gasteiger partial charge in [-0.3, -0.25) is 4.79 Å². The highest BCUT2D eigenvalue weighted by Crippen LogP contribution is 2.26. The van der Waals surface area contributed by atoms with E-state index in [2.05, 4.69) is 0 Å². The van der Waals surface area contributed by atoms with E-state index < -0.39 is 20.3 Å². The van der Waals surface area contributed by atoms with Crippen molar-refractivity contribution < 1.29 is 34.3 Å². The molecule has 0 radical (unpaired) electrons. The standard InChI is InChI=1S/C13H18O5.HO2P/c14-8-9-18-10-13(17,7-6-12(15)16)11-4-2-1-3-5-11;1-3-2/h1-5,14,17H,6-10H2,(H,15,16);(H,1,2). The van der Waals surface area contributed by atoms with Crippen molar-refractivity contribution in [2.75, 3.05) is 19.8 Å². The van der Waals surface area contributed by atoms with Gasteiger partial charge in [0.25, 0.3) is 0 Å². The number of hydrogen-bond acceptors (Lipinski definition) is 5. The molecule has 8 heteroatoms. The Kier molecular flexibility index (Phi) is 10.6. The molecule has 0 aromatic heterocycles. The van der Waals surface area contributed by atoms with E-state index in [1.54, 1.807) is 24.3 Å². The summed E-state index contributed by atoms with van der Waals surface area (Å²) in [5.41, 5.74) is -0.723. The summed E-state index contributed by atoms with van der Waals surface area (Å²) in [6, 6.07) is 8.81. The number of aliphatic hydroxyl groups is 2.